The van der Waals surface area contributed by atoms with Crippen molar-refractivity contribution in [1.29, 1.82) is 0 Å². The summed E-state index contributed by atoms with van der Waals surface area (Å²) in [5.41, 5.74) is -2.49. The van der Waals surface area contributed by atoms with Crippen molar-refractivity contribution in [3.8, 4) is 44.5 Å². The Morgan fingerprint density at radius 2 is 0.697 bits per heavy atom. The fourth-order valence-corrected chi connectivity index (χ4v) is 10.5. The highest BCUT2D eigenvalue weighted by atomic mass is 19.1. The molecule has 0 saturated carbocycles. The van der Waals surface area contributed by atoms with Crippen LogP contribution in [0, 0.1) is 11.6 Å². The van der Waals surface area contributed by atoms with Gasteiger partial charge in [0.05, 0.1) is 50.2 Å². The summed E-state index contributed by atoms with van der Waals surface area (Å²) >= 11 is 0. The molecule has 358 valence electrons. The van der Waals surface area contributed by atoms with Gasteiger partial charge >= 0.3 is 0 Å². The second kappa shape index (κ2) is 18.5. The number of halogens is 2. The van der Waals surface area contributed by atoms with Crippen LogP contribution < -0.4 is 9.80 Å². The van der Waals surface area contributed by atoms with Crippen LogP contribution in [0.4, 0.5) is 42.9 Å². The average molecular weight is 997 g/mol. The zero-order valence-electron chi connectivity index (χ0n) is 59.7. The van der Waals surface area contributed by atoms with Gasteiger partial charge in [0, 0.05) is 33.3 Å². The van der Waals surface area contributed by atoms with Crippen LogP contribution in [0.2, 0.25) is 0 Å². The lowest BCUT2D eigenvalue weighted by Gasteiger charge is -2.32. The van der Waals surface area contributed by atoms with Gasteiger partial charge in [-0.25, -0.2) is 8.78 Å². The van der Waals surface area contributed by atoms with Crippen molar-refractivity contribution >= 4 is 88.0 Å². The van der Waals surface area contributed by atoms with Gasteiger partial charge < -0.3 is 9.80 Å². The first kappa shape index (κ1) is 28.5. The van der Waals surface area contributed by atoms with E-state index in [1.165, 1.54) is 17.0 Å². The van der Waals surface area contributed by atoms with Crippen molar-refractivity contribution in [3.05, 3.63) is 290 Å². The van der Waals surface area contributed by atoms with Crippen molar-refractivity contribution in [2.45, 2.75) is 0 Å². The molecule has 14 aromatic rings. The highest BCUT2D eigenvalue weighted by molar-refractivity contribution is 6.29. The van der Waals surface area contributed by atoms with Crippen LogP contribution in [0.25, 0.3) is 98.4 Å². The second-order valence-corrected chi connectivity index (χ2v) is 18.0. The molecule has 14 aromatic carbocycles. The summed E-state index contributed by atoms with van der Waals surface area (Å²) in [4.78, 5) is 3.09. The van der Waals surface area contributed by atoms with Crippen LogP contribution in [-0.2, 0) is 0 Å². The lowest BCUT2D eigenvalue weighted by molar-refractivity contribution is 0.629. The van der Waals surface area contributed by atoms with Crippen molar-refractivity contribution in [3.63, 3.8) is 0 Å². The van der Waals surface area contributed by atoms with Gasteiger partial charge in [-0.1, -0.05) is 218 Å². The second-order valence-electron chi connectivity index (χ2n) is 18.0. The van der Waals surface area contributed by atoms with E-state index in [-0.39, 0.29) is 45.0 Å². The highest BCUT2D eigenvalue weighted by Gasteiger charge is 2.29. The molecule has 0 atom stereocenters. The van der Waals surface area contributed by atoms with E-state index in [9.17, 15) is 5.48 Å². The number of hydrogen-bond acceptors (Lipinski definition) is 2. The van der Waals surface area contributed by atoms with E-state index in [2.05, 4.69) is 0 Å². The lowest BCUT2D eigenvalue weighted by atomic mass is 9.90. The molecule has 0 amide bonds. The largest absolute Gasteiger partial charge is 0.307 e. The van der Waals surface area contributed by atoms with Crippen LogP contribution >= 0.6 is 0 Å². The van der Waals surface area contributed by atoms with Gasteiger partial charge in [0.15, 0.2) is 0 Å². The molecule has 14 rings (SSSR count). The number of fused-ring (bicyclic) bond motifs is 2. The minimum atomic E-state index is -1.10. The van der Waals surface area contributed by atoms with E-state index in [1.54, 1.807) is 65.6 Å². The molecule has 0 bridgehead atoms. The van der Waals surface area contributed by atoms with Crippen molar-refractivity contribution in [2.75, 3.05) is 9.80 Å². The Labute approximate surface area is 467 Å². The summed E-state index contributed by atoms with van der Waals surface area (Å²) in [7, 11) is 0. The SMILES string of the molecule is [2H]c1c([2H])c([2H])c(-c2cc(F)c(N(c3ccc4ccccc4c3)c3cc4ccc(N(c5ccc6ccccc6c5)c5c(F)cc(-c6c([2H])c([2H])c([2H])c([2H])c6[2H])cc5-c5c([2H])c([2H])c([2H])c([2H])c5[2H])c5ccc6cccc3c6c45)c(-c3c([2H])c([2H])c([2H])c([2H])c3[2H])c2)c([2H])c1[2H]. The molecule has 0 aromatic heterocycles. The zero-order valence-corrected chi connectivity index (χ0v) is 39.7. The van der Waals surface area contributed by atoms with E-state index in [0.29, 0.717) is 54.5 Å². The molecule has 0 aliphatic rings. The Balaban J connectivity index is 1.10. The third-order valence-electron chi connectivity index (χ3n) is 13.8. The number of benzene rings is 14. The number of hydrogen-bond donors (Lipinski definition) is 0. The van der Waals surface area contributed by atoms with Crippen LogP contribution in [0.5, 0.6) is 0 Å². The molecule has 0 fully saturated rings. The van der Waals surface area contributed by atoms with E-state index < -0.39 is 155 Å². The number of anilines is 6. The molecule has 0 heterocycles. The maximum Gasteiger partial charge on any atom is 0.148 e. The maximum atomic E-state index is 18.8. The van der Waals surface area contributed by atoms with Gasteiger partial charge in [0.2, 0.25) is 0 Å². The van der Waals surface area contributed by atoms with Crippen molar-refractivity contribution in [1.82, 2.24) is 0 Å². The normalized spacial score (nSPS) is 15.2. The lowest BCUT2D eigenvalue weighted by Crippen LogP contribution is -2.15. The zero-order chi connectivity index (χ0) is 68.1. The summed E-state index contributed by atoms with van der Waals surface area (Å²) in [5.74, 6) is -2.19. The molecule has 4 heteroatoms. The molecule has 0 aliphatic heterocycles. The average Bonchev–Trinajstić information content (AvgIpc) is 0.711. The van der Waals surface area contributed by atoms with Gasteiger partial charge in [-0.3, -0.25) is 0 Å². The van der Waals surface area contributed by atoms with E-state index in [0.717, 1.165) is 22.9 Å². The van der Waals surface area contributed by atoms with Gasteiger partial charge in [0.25, 0.3) is 0 Å². The van der Waals surface area contributed by atoms with Crippen LogP contribution in [-0.4, -0.2) is 0 Å². The summed E-state index contributed by atoms with van der Waals surface area (Å²) in [6, 6.07) is 29.6. The van der Waals surface area contributed by atoms with E-state index in [4.69, 9.17) is 21.9 Å². The third-order valence-corrected chi connectivity index (χ3v) is 13.8. The smallest absolute Gasteiger partial charge is 0.148 e. The Bertz CT molecular complexity index is 5620. The minimum Gasteiger partial charge on any atom is -0.307 e. The van der Waals surface area contributed by atoms with Crippen LogP contribution in [0.15, 0.2) is 279 Å². The summed E-state index contributed by atoms with van der Waals surface area (Å²) < 4.78 is 215. The molecule has 0 aliphatic carbocycles. The molecule has 0 radical (unpaired) electrons. The van der Waals surface area contributed by atoms with Crippen molar-refractivity contribution in [2.24, 2.45) is 0 Å². The molecule has 0 spiro atoms. The van der Waals surface area contributed by atoms with E-state index in [1.807, 2.05) is 72.8 Å². The predicted molar refractivity (Wildman–Crippen MR) is 316 cm³/mol. The first-order valence-electron chi connectivity index (χ1n) is 34.1. The summed E-state index contributed by atoms with van der Waals surface area (Å²) in [6.07, 6.45) is 0. The standard InChI is InChI=1S/C72H46F2N2/c73-65-44-57(47-18-5-1-6-19-47)42-63(51-24-9-3-10-25-51)71(65)75(59-36-32-49-22-13-15-28-54(49)40-59)67-39-35-56-46-68(61-31-17-30-53-34-38-62(67)70(56)69(53)61)76(60-37-33-50-23-14-16-29-55(50)41-60)72-64(52-26-11-4-12-27-52)43-58(45-66(72)74)48-20-7-2-8-21-48/h1-46H/i1D,2D,3D,4D,5D,6D,7D,8D,9D,10D,11D,12D,18D,19D,20D,21D,24D,25D,26D,27D. The third kappa shape index (κ3) is 7.70. The molecule has 0 saturated heterocycles. The molecule has 2 nitrogen and oxygen atoms in total. The molecule has 0 unspecified atom stereocenters. The molecular weight excluding hydrogens is 931 g/mol. The Hall–Kier alpha value is -9.90. The maximum absolute atomic E-state index is 18.8. The van der Waals surface area contributed by atoms with Crippen LogP contribution in [0.3, 0.4) is 0 Å². The summed E-state index contributed by atoms with van der Waals surface area (Å²) in [5, 5.41) is 6.08. The fourth-order valence-electron chi connectivity index (χ4n) is 10.5. The topological polar surface area (TPSA) is 6.48 Å². The van der Waals surface area contributed by atoms with Gasteiger partial charge in [-0.2, -0.15) is 0 Å². The molecular formula is C72H46F2N2. The Kier molecular flexibility index (Phi) is 6.96. The van der Waals surface area contributed by atoms with Gasteiger partial charge in [-0.05, 0) is 137 Å². The van der Waals surface area contributed by atoms with Gasteiger partial charge in [0.1, 0.15) is 11.6 Å². The first-order valence-corrected chi connectivity index (χ1v) is 24.1. The predicted octanol–water partition coefficient (Wildman–Crippen LogP) is 20.8. The van der Waals surface area contributed by atoms with E-state index >= 15 is 8.78 Å². The van der Waals surface area contributed by atoms with Gasteiger partial charge in [-0.15, -0.1) is 0 Å². The Morgan fingerprint density at radius 1 is 0.289 bits per heavy atom. The quantitative estimate of drug-likeness (QED) is 0.126. The van der Waals surface area contributed by atoms with Crippen molar-refractivity contribution < 1.29 is 36.2 Å². The Morgan fingerprint density at radius 3 is 1.21 bits per heavy atom. The molecule has 76 heavy (non-hydrogen) atoms. The van der Waals surface area contributed by atoms with Crippen LogP contribution in [0.1, 0.15) is 27.4 Å². The number of rotatable bonds is 10. The minimum absolute atomic E-state index is 0.262. The summed E-state index contributed by atoms with van der Waals surface area (Å²) in [6.45, 7) is 0. The number of nitrogens with zero attached hydrogens (tertiary/aromatic N) is 2. The highest BCUT2D eigenvalue weighted by Crippen LogP contribution is 2.53. The fraction of sp³-hybridized carbons (Fsp3) is 0. The monoisotopic (exact) mass is 996 g/mol. The first-order chi connectivity index (χ1) is 45.8. The molecule has 0 N–H and O–H groups in total.